The molecule has 5 heterocycles. The number of likely N-dealkylation sites (tertiary alicyclic amines) is 3. The summed E-state index contributed by atoms with van der Waals surface area (Å²) >= 11 is 1.55. The van der Waals surface area contributed by atoms with Crippen molar-refractivity contribution >= 4 is 28.1 Å². The Morgan fingerprint density at radius 1 is 0.966 bits per heavy atom. The van der Waals surface area contributed by atoms with Gasteiger partial charge in [0, 0.05) is 56.5 Å². The van der Waals surface area contributed by atoms with Crippen LogP contribution in [0, 0.1) is 5.92 Å². The van der Waals surface area contributed by atoms with Gasteiger partial charge in [0.25, 0.3) is 5.91 Å². The number of nitrogens with zero attached hydrogens (tertiary/aromatic N) is 5. The van der Waals surface area contributed by atoms with Crippen LogP contribution < -0.4 is 0 Å². The smallest absolute Gasteiger partial charge is 0.274 e. The molecule has 29 heavy (non-hydrogen) atoms. The quantitative estimate of drug-likeness (QED) is 0.772. The molecule has 0 bridgehead atoms. The number of imidazole rings is 1. The van der Waals surface area contributed by atoms with Gasteiger partial charge < -0.3 is 9.80 Å². The first-order chi connectivity index (χ1) is 14.2. The first-order valence-electron chi connectivity index (χ1n) is 10.9. The molecule has 3 fully saturated rings. The molecular weight excluding hydrogens is 386 g/mol. The molecule has 2 aromatic heterocycles. The van der Waals surface area contributed by atoms with Gasteiger partial charge in [0.2, 0.25) is 5.91 Å². The van der Waals surface area contributed by atoms with Gasteiger partial charge in [-0.3, -0.25) is 18.9 Å². The molecule has 0 unspecified atom stereocenters. The number of hydrogen-bond acceptors (Lipinski definition) is 5. The normalized spacial score (nSPS) is 24.5. The van der Waals surface area contributed by atoms with Crippen LogP contribution in [0.1, 0.15) is 49.0 Å². The van der Waals surface area contributed by atoms with E-state index in [0.717, 1.165) is 82.8 Å². The van der Waals surface area contributed by atoms with Gasteiger partial charge in [-0.1, -0.05) is 0 Å². The maximum Gasteiger partial charge on any atom is 0.274 e. The predicted molar refractivity (Wildman–Crippen MR) is 112 cm³/mol. The molecule has 0 N–H and O–H groups in total. The largest absolute Gasteiger partial charge is 0.342 e. The number of fused-ring (bicyclic) bond motifs is 1. The van der Waals surface area contributed by atoms with E-state index in [1.807, 2.05) is 27.1 Å². The van der Waals surface area contributed by atoms with Gasteiger partial charge in [-0.15, -0.1) is 11.3 Å². The molecule has 0 saturated carbocycles. The second-order valence-electron chi connectivity index (χ2n) is 8.61. The van der Waals surface area contributed by atoms with Crippen LogP contribution in [0.2, 0.25) is 0 Å². The summed E-state index contributed by atoms with van der Waals surface area (Å²) in [6, 6.07) is 0.485. The van der Waals surface area contributed by atoms with E-state index in [9.17, 15) is 9.59 Å². The Labute approximate surface area is 175 Å². The van der Waals surface area contributed by atoms with Gasteiger partial charge >= 0.3 is 0 Å². The highest BCUT2D eigenvalue weighted by atomic mass is 32.1. The van der Waals surface area contributed by atoms with E-state index in [4.69, 9.17) is 0 Å². The fraction of sp³-hybridized carbons (Fsp3) is 0.667. The maximum absolute atomic E-state index is 12.8. The van der Waals surface area contributed by atoms with Crippen LogP contribution in [0.4, 0.5) is 0 Å². The highest BCUT2D eigenvalue weighted by molar-refractivity contribution is 7.15. The zero-order chi connectivity index (χ0) is 19.8. The van der Waals surface area contributed by atoms with Gasteiger partial charge in [0.05, 0.1) is 5.92 Å². The van der Waals surface area contributed by atoms with E-state index in [1.54, 1.807) is 11.3 Å². The Kier molecular flexibility index (Phi) is 5.30. The lowest BCUT2D eigenvalue weighted by Gasteiger charge is -2.42. The molecule has 8 heteroatoms. The Hall–Kier alpha value is -1.93. The third-order valence-electron chi connectivity index (χ3n) is 6.80. The summed E-state index contributed by atoms with van der Waals surface area (Å²) in [6.07, 6.45) is 10.2. The van der Waals surface area contributed by atoms with Crippen LogP contribution >= 0.6 is 11.3 Å². The first-order valence-corrected chi connectivity index (χ1v) is 11.8. The molecule has 0 aromatic carbocycles. The molecule has 2 amide bonds. The summed E-state index contributed by atoms with van der Waals surface area (Å²) in [5.41, 5.74) is 0.546. The minimum Gasteiger partial charge on any atom is -0.342 e. The van der Waals surface area contributed by atoms with Crippen molar-refractivity contribution < 1.29 is 9.59 Å². The first kappa shape index (κ1) is 19.1. The van der Waals surface area contributed by atoms with Gasteiger partial charge in [0.15, 0.2) is 4.96 Å². The molecule has 3 aliphatic rings. The topological polar surface area (TPSA) is 61.2 Å². The number of thiazole rings is 1. The summed E-state index contributed by atoms with van der Waals surface area (Å²) in [7, 11) is 0. The number of piperidine rings is 2. The Morgan fingerprint density at radius 2 is 1.76 bits per heavy atom. The number of carbonyl (C=O) groups is 2. The van der Waals surface area contributed by atoms with Gasteiger partial charge in [-0.05, 0) is 45.1 Å². The molecule has 0 radical (unpaired) electrons. The van der Waals surface area contributed by atoms with Crippen molar-refractivity contribution in [2.45, 2.75) is 44.6 Å². The number of hydrogen-bond donors (Lipinski definition) is 0. The summed E-state index contributed by atoms with van der Waals surface area (Å²) in [4.78, 5) is 37.5. The van der Waals surface area contributed by atoms with Gasteiger partial charge in [-0.2, -0.15) is 0 Å². The molecule has 3 aliphatic heterocycles. The van der Waals surface area contributed by atoms with Crippen molar-refractivity contribution in [2.24, 2.45) is 5.92 Å². The van der Waals surface area contributed by atoms with Crippen molar-refractivity contribution in [3.05, 3.63) is 23.5 Å². The van der Waals surface area contributed by atoms with E-state index >= 15 is 0 Å². The second-order valence-corrected chi connectivity index (χ2v) is 9.48. The number of aromatic nitrogens is 2. The lowest BCUT2D eigenvalue weighted by Crippen LogP contribution is -2.51. The number of amides is 2. The van der Waals surface area contributed by atoms with Crippen LogP contribution in [0.25, 0.3) is 4.96 Å². The molecule has 0 aliphatic carbocycles. The van der Waals surface area contributed by atoms with Crippen molar-refractivity contribution in [1.82, 2.24) is 24.1 Å². The summed E-state index contributed by atoms with van der Waals surface area (Å²) < 4.78 is 1.91. The van der Waals surface area contributed by atoms with Crippen LogP contribution in [0.15, 0.2) is 17.8 Å². The van der Waals surface area contributed by atoms with Crippen LogP contribution in [0.3, 0.4) is 0 Å². The third-order valence-corrected chi connectivity index (χ3v) is 7.57. The minimum absolute atomic E-state index is 0.0417. The predicted octanol–water partition coefficient (Wildman–Crippen LogP) is 2.33. The van der Waals surface area contributed by atoms with Crippen molar-refractivity contribution in [3.63, 3.8) is 0 Å². The molecule has 7 nitrogen and oxygen atoms in total. The minimum atomic E-state index is 0.0417. The second kappa shape index (κ2) is 8.07. The molecule has 5 rings (SSSR count). The van der Waals surface area contributed by atoms with E-state index in [1.165, 1.54) is 0 Å². The maximum atomic E-state index is 12.8. The molecule has 2 aromatic rings. The molecule has 0 spiro atoms. The van der Waals surface area contributed by atoms with E-state index in [2.05, 4.69) is 14.8 Å². The average Bonchev–Trinajstić information content (AvgIpc) is 3.50. The Balaban J connectivity index is 1.16. The van der Waals surface area contributed by atoms with Crippen molar-refractivity contribution in [1.29, 1.82) is 0 Å². The molecular formula is C21H29N5O2S. The fourth-order valence-electron chi connectivity index (χ4n) is 5.16. The Bertz CT molecular complexity index is 850. The molecule has 1 atom stereocenters. The monoisotopic (exact) mass is 415 g/mol. The lowest BCUT2D eigenvalue weighted by atomic mass is 9.93. The molecule has 3 saturated heterocycles. The highest BCUT2D eigenvalue weighted by Gasteiger charge is 2.35. The Morgan fingerprint density at radius 3 is 2.52 bits per heavy atom. The van der Waals surface area contributed by atoms with Crippen molar-refractivity contribution in [2.75, 3.05) is 39.3 Å². The highest BCUT2D eigenvalue weighted by Crippen LogP contribution is 2.26. The van der Waals surface area contributed by atoms with Crippen molar-refractivity contribution in [3.8, 4) is 0 Å². The standard InChI is InChI=1S/C21H29N5O2S/c27-19(23-7-1-2-8-23)16-4-3-9-25(14-16)17-5-10-24(11-6-17)20(28)18-15-26-12-13-29-21(26)22-18/h12-13,15-17H,1-11,14H2/t16-/m0/s1. The van der Waals surface area contributed by atoms with E-state index in [0.29, 0.717) is 17.6 Å². The summed E-state index contributed by atoms with van der Waals surface area (Å²) in [6.45, 7) is 5.42. The third kappa shape index (κ3) is 3.80. The SMILES string of the molecule is O=C(c1cn2ccsc2n1)N1CCC(N2CCC[C@H](C(=O)N3CCCC3)C2)CC1. The fourth-order valence-corrected chi connectivity index (χ4v) is 5.86. The van der Waals surface area contributed by atoms with Gasteiger partial charge in [-0.25, -0.2) is 4.98 Å². The lowest BCUT2D eigenvalue weighted by molar-refractivity contribution is -0.136. The summed E-state index contributed by atoms with van der Waals surface area (Å²) in [5, 5.41) is 1.97. The van der Waals surface area contributed by atoms with Crippen LogP contribution in [-0.4, -0.2) is 81.2 Å². The van der Waals surface area contributed by atoms with Gasteiger partial charge in [0.1, 0.15) is 5.69 Å². The average molecular weight is 416 g/mol. The zero-order valence-electron chi connectivity index (χ0n) is 16.8. The van der Waals surface area contributed by atoms with E-state index < -0.39 is 0 Å². The van der Waals surface area contributed by atoms with E-state index in [-0.39, 0.29) is 11.8 Å². The van der Waals surface area contributed by atoms with Crippen LogP contribution in [-0.2, 0) is 4.79 Å². The summed E-state index contributed by atoms with van der Waals surface area (Å²) in [5.74, 6) is 0.583. The molecule has 156 valence electrons. The zero-order valence-corrected chi connectivity index (χ0v) is 17.6. The van der Waals surface area contributed by atoms with Crippen LogP contribution in [0.5, 0.6) is 0 Å². The number of rotatable bonds is 3. The number of carbonyl (C=O) groups excluding carboxylic acids is 2.